The zero-order valence-electron chi connectivity index (χ0n) is 13.1. The normalized spacial score (nSPS) is 33.1. The van der Waals surface area contributed by atoms with E-state index in [1.807, 2.05) is 0 Å². The Hall–Kier alpha value is -0.480. The maximum atomic E-state index is 6.04. The van der Waals surface area contributed by atoms with E-state index >= 15 is 0 Å². The lowest BCUT2D eigenvalue weighted by Gasteiger charge is -2.11. The van der Waals surface area contributed by atoms with Crippen molar-refractivity contribution in [2.24, 2.45) is 5.41 Å². The van der Waals surface area contributed by atoms with Gasteiger partial charge in [-0.3, -0.25) is 0 Å². The summed E-state index contributed by atoms with van der Waals surface area (Å²) >= 11 is 0. The SMILES string of the molecule is CC(C)(C)C#C[C@@]12CCCCCCCCCC[C@@H]1O2. The number of hydrogen-bond acceptors (Lipinski definition) is 1. The highest BCUT2D eigenvalue weighted by atomic mass is 16.6. The summed E-state index contributed by atoms with van der Waals surface area (Å²) in [6.45, 7) is 6.55. The van der Waals surface area contributed by atoms with Crippen LogP contribution in [0.1, 0.15) is 85.0 Å². The van der Waals surface area contributed by atoms with Crippen LogP contribution in [0.25, 0.3) is 0 Å². The van der Waals surface area contributed by atoms with Crippen molar-refractivity contribution in [3.8, 4) is 11.8 Å². The second-order valence-electron chi connectivity index (χ2n) is 7.36. The lowest BCUT2D eigenvalue weighted by molar-refractivity contribution is 0.315. The molecule has 0 N–H and O–H groups in total. The summed E-state index contributed by atoms with van der Waals surface area (Å²) in [5.41, 5.74) is 0.0292. The van der Waals surface area contributed by atoms with E-state index in [-0.39, 0.29) is 11.0 Å². The third-order valence-electron chi connectivity index (χ3n) is 4.23. The zero-order valence-corrected chi connectivity index (χ0v) is 13.1. The molecule has 0 aromatic heterocycles. The Morgan fingerprint density at radius 3 is 2.11 bits per heavy atom. The molecule has 2 rings (SSSR count). The molecular weight excluding hydrogens is 232 g/mol. The van der Waals surface area contributed by atoms with Crippen molar-refractivity contribution in [2.45, 2.75) is 96.7 Å². The lowest BCUT2D eigenvalue weighted by atomic mass is 9.90. The molecule has 0 aromatic carbocycles. The van der Waals surface area contributed by atoms with Crippen molar-refractivity contribution in [2.75, 3.05) is 0 Å². The summed E-state index contributed by atoms with van der Waals surface area (Å²) in [5, 5.41) is 0. The minimum atomic E-state index is -0.0630. The smallest absolute Gasteiger partial charge is 0.155 e. The van der Waals surface area contributed by atoms with Crippen molar-refractivity contribution >= 4 is 0 Å². The third kappa shape index (κ3) is 4.84. The molecule has 108 valence electrons. The van der Waals surface area contributed by atoms with Crippen molar-refractivity contribution in [3.63, 3.8) is 0 Å². The van der Waals surface area contributed by atoms with Gasteiger partial charge in [0.25, 0.3) is 0 Å². The average Bonchev–Trinajstić information content (AvgIpc) is 3.00. The fourth-order valence-electron chi connectivity index (χ4n) is 2.98. The summed E-state index contributed by atoms with van der Waals surface area (Å²) in [5.74, 6) is 6.90. The van der Waals surface area contributed by atoms with Crippen LogP contribution >= 0.6 is 0 Å². The van der Waals surface area contributed by atoms with E-state index in [4.69, 9.17) is 4.74 Å². The van der Waals surface area contributed by atoms with E-state index in [1.54, 1.807) is 0 Å². The fourth-order valence-corrected chi connectivity index (χ4v) is 2.98. The van der Waals surface area contributed by atoms with Crippen molar-refractivity contribution in [3.05, 3.63) is 0 Å². The van der Waals surface area contributed by atoms with Gasteiger partial charge in [-0.15, -0.1) is 0 Å². The van der Waals surface area contributed by atoms with Gasteiger partial charge in [0.05, 0.1) is 6.10 Å². The quantitative estimate of drug-likeness (QED) is 0.437. The van der Waals surface area contributed by atoms with E-state index in [0.717, 1.165) is 6.42 Å². The molecule has 1 heterocycles. The molecule has 0 spiro atoms. The fraction of sp³-hybridized carbons (Fsp3) is 0.889. The summed E-state index contributed by atoms with van der Waals surface area (Å²) in [6, 6.07) is 0. The topological polar surface area (TPSA) is 12.5 Å². The molecule has 1 saturated heterocycles. The van der Waals surface area contributed by atoms with E-state index in [9.17, 15) is 0 Å². The van der Waals surface area contributed by atoms with Crippen LogP contribution < -0.4 is 0 Å². The minimum Gasteiger partial charge on any atom is -0.352 e. The number of epoxide rings is 1. The molecule has 1 aliphatic carbocycles. The van der Waals surface area contributed by atoms with Gasteiger partial charge in [0.1, 0.15) is 0 Å². The second kappa shape index (κ2) is 6.31. The van der Waals surface area contributed by atoms with E-state index < -0.39 is 0 Å². The molecule has 0 amide bonds. The minimum absolute atomic E-state index is 0.0630. The molecule has 1 heteroatoms. The first kappa shape index (κ1) is 14.9. The second-order valence-corrected chi connectivity index (χ2v) is 7.36. The van der Waals surface area contributed by atoms with Gasteiger partial charge < -0.3 is 4.74 Å². The maximum Gasteiger partial charge on any atom is 0.155 e. The first-order chi connectivity index (χ1) is 9.02. The van der Waals surface area contributed by atoms with Gasteiger partial charge in [0, 0.05) is 5.41 Å². The standard InChI is InChI=1S/C18H30O/c1-17(2,3)14-15-18-13-11-9-7-5-4-6-8-10-12-16(18)19-18/h16H,4-13H2,1-3H3/t16-,18-/m0/s1. The van der Waals surface area contributed by atoms with Gasteiger partial charge in [-0.2, -0.15) is 0 Å². The first-order valence-electron chi connectivity index (χ1n) is 8.24. The van der Waals surface area contributed by atoms with Crippen LogP contribution in [0.3, 0.4) is 0 Å². The van der Waals surface area contributed by atoms with Crippen LogP contribution in [-0.4, -0.2) is 11.7 Å². The summed E-state index contributed by atoms with van der Waals surface area (Å²) in [6.07, 6.45) is 13.8. The molecular formula is C18H30O. The molecule has 0 aromatic rings. The predicted molar refractivity (Wildman–Crippen MR) is 81.0 cm³/mol. The van der Waals surface area contributed by atoms with E-state index in [0.29, 0.717) is 6.10 Å². The summed E-state index contributed by atoms with van der Waals surface area (Å²) < 4.78 is 6.04. The largest absolute Gasteiger partial charge is 0.352 e. The van der Waals surface area contributed by atoms with Crippen LogP contribution in [0.5, 0.6) is 0 Å². The van der Waals surface area contributed by atoms with Crippen LogP contribution in [0.4, 0.5) is 0 Å². The molecule has 0 bridgehead atoms. The number of ether oxygens (including phenoxy) is 1. The van der Waals surface area contributed by atoms with E-state index in [1.165, 1.54) is 57.8 Å². The van der Waals surface area contributed by atoms with Gasteiger partial charge >= 0.3 is 0 Å². The van der Waals surface area contributed by atoms with Gasteiger partial charge in [-0.25, -0.2) is 0 Å². The maximum absolute atomic E-state index is 6.04. The Morgan fingerprint density at radius 1 is 0.895 bits per heavy atom. The molecule has 2 atom stereocenters. The van der Waals surface area contributed by atoms with Crippen LogP contribution in [0, 0.1) is 17.3 Å². The predicted octanol–water partition coefficient (Wildman–Crippen LogP) is 5.09. The lowest BCUT2D eigenvalue weighted by Crippen LogP contribution is -2.14. The molecule has 0 unspecified atom stereocenters. The van der Waals surface area contributed by atoms with Gasteiger partial charge in [-0.05, 0) is 40.0 Å². The highest BCUT2D eigenvalue weighted by molar-refractivity contribution is 5.27. The van der Waals surface area contributed by atoms with Crippen LogP contribution in [0.2, 0.25) is 0 Å². The average molecular weight is 262 g/mol. The van der Waals surface area contributed by atoms with E-state index in [2.05, 4.69) is 32.6 Å². The van der Waals surface area contributed by atoms with Gasteiger partial charge in [-0.1, -0.05) is 56.8 Å². The molecule has 1 aliphatic heterocycles. The van der Waals surface area contributed by atoms with Gasteiger partial charge in [0.15, 0.2) is 5.60 Å². The van der Waals surface area contributed by atoms with Gasteiger partial charge in [0.2, 0.25) is 0 Å². The Kier molecular flexibility index (Phi) is 4.96. The summed E-state index contributed by atoms with van der Waals surface area (Å²) in [4.78, 5) is 0. The van der Waals surface area contributed by atoms with Crippen molar-refractivity contribution in [1.29, 1.82) is 0 Å². The van der Waals surface area contributed by atoms with Crippen molar-refractivity contribution in [1.82, 2.24) is 0 Å². The highest BCUT2D eigenvalue weighted by Crippen LogP contribution is 2.44. The Morgan fingerprint density at radius 2 is 1.47 bits per heavy atom. The van der Waals surface area contributed by atoms with Crippen molar-refractivity contribution < 1.29 is 4.74 Å². The summed E-state index contributed by atoms with van der Waals surface area (Å²) in [7, 11) is 0. The number of rotatable bonds is 0. The zero-order chi connectivity index (χ0) is 13.8. The monoisotopic (exact) mass is 262 g/mol. The Balaban J connectivity index is 1.95. The Labute approximate surface area is 119 Å². The molecule has 2 aliphatic rings. The first-order valence-corrected chi connectivity index (χ1v) is 8.24. The number of hydrogen-bond donors (Lipinski definition) is 0. The van der Waals surface area contributed by atoms with Crippen LogP contribution in [-0.2, 0) is 4.74 Å². The molecule has 0 radical (unpaired) electrons. The third-order valence-corrected chi connectivity index (χ3v) is 4.23. The molecule has 1 saturated carbocycles. The molecule has 1 nitrogen and oxygen atoms in total. The number of fused-ring (bicyclic) bond motifs is 1. The Bertz CT molecular complexity index is 341. The van der Waals surface area contributed by atoms with Crippen LogP contribution in [0.15, 0.2) is 0 Å². The molecule has 19 heavy (non-hydrogen) atoms. The highest BCUT2D eigenvalue weighted by Gasteiger charge is 2.54. The molecule has 2 fully saturated rings.